The van der Waals surface area contributed by atoms with Gasteiger partial charge in [-0.25, -0.2) is 4.79 Å². The standard InChI is InChI=1S/C9H17N2O2/c1-3-4-5-6-7-11(8-12)9(13)10-2/h3-7H2,1-2H3,(H,10,13). The molecule has 0 aliphatic carbocycles. The molecule has 1 N–H and O–H groups in total. The van der Waals surface area contributed by atoms with E-state index in [1.54, 1.807) is 6.41 Å². The van der Waals surface area contributed by atoms with E-state index in [9.17, 15) is 9.59 Å². The molecule has 0 aliphatic rings. The Hall–Kier alpha value is -1.06. The molecule has 1 radical (unpaired) electrons. The van der Waals surface area contributed by atoms with E-state index in [1.807, 2.05) is 0 Å². The predicted octanol–water partition coefficient (Wildman–Crippen LogP) is 1.28. The van der Waals surface area contributed by atoms with Crippen molar-refractivity contribution in [1.82, 2.24) is 10.2 Å². The molecule has 0 aromatic carbocycles. The van der Waals surface area contributed by atoms with E-state index in [0.717, 1.165) is 30.6 Å². The van der Waals surface area contributed by atoms with Crippen molar-refractivity contribution in [2.75, 3.05) is 13.6 Å². The van der Waals surface area contributed by atoms with Gasteiger partial charge in [0.25, 0.3) is 0 Å². The number of carbonyl (C=O) groups is 1. The van der Waals surface area contributed by atoms with Crippen molar-refractivity contribution in [3.05, 3.63) is 0 Å². The lowest BCUT2D eigenvalue weighted by molar-refractivity contribution is 0.220. The largest absolute Gasteiger partial charge is 0.341 e. The summed E-state index contributed by atoms with van der Waals surface area (Å²) in [4.78, 5) is 22.3. The van der Waals surface area contributed by atoms with Crippen molar-refractivity contribution in [1.29, 1.82) is 0 Å². The minimum atomic E-state index is -0.383. The van der Waals surface area contributed by atoms with E-state index in [-0.39, 0.29) is 6.03 Å². The Kier molecular flexibility index (Phi) is 6.96. The van der Waals surface area contributed by atoms with Gasteiger partial charge >= 0.3 is 12.4 Å². The Morgan fingerprint density at radius 2 is 2.08 bits per heavy atom. The molecule has 13 heavy (non-hydrogen) atoms. The summed E-state index contributed by atoms with van der Waals surface area (Å²) in [7, 11) is 1.50. The second-order valence-electron chi connectivity index (χ2n) is 2.86. The lowest BCUT2D eigenvalue weighted by atomic mass is 10.2. The van der Waals surface area contributed by atoms with Crippen LogP contribution in [0.5, 0.6) is 0 Å². The third kappa shape index (κ3) is 5.22. The van der Waals surface area contributed by atoms with E-state index in [4.69, 9.17) is 0 Å². The van der Waals surface area contributed by atoms with Gasteiger partial charge in [0, 0.05) is 13.6 Å². The number of imide groups is 1. The molecule has 0 aromatic heterocycles. The van der Waals surface area contributed by atoms with Gasteiger partial charge in [-0.3, -0.25) is 9.69 Å². The number of hydrogen-bond acceptors (Lipinski definition) is 2. The summed E-state index contributed by atoms with van der Waals surface area (Å²) >= 11 is 0. The normalized spacial score (nSPS) is 9.38. The molecular weight excluding hydrogens is 168 g/mol. The van der Waals surface area contributed by atoms with Crippen LogP contribution < -0.4 is 5.32 Å². The van der Waals surface area contributed by atoms with Crippen LogP contribution in [0.4, 0.5) is 4.79 Å². The number of nitrogens with one attached hydrogen (secondary N) is 1. The fourth-order valence-corrected chi connectivity index (χ4v) is 1.02. The molecule has 0 rings (SSSR count). The number of carbonyl (C=O) groups excluding carboxylic acids is 2. The zero-order valence-corrected chi connectivity index (χ0v) is 8.30. The van der Waals surface area contributed by atoms with Crippen LogP contribution in [0, 0.1) is 0 Å². The van der Waals surface area contributed by atoms with Crippen molar-refractivity contribution >= 4 is 12.4 Å². The van der Waals surface area contributed by atoms with Gasteiger partial charge in [0.05, 0.1) is 0 Å². The number of rotatable bonds is 6. The summed E-state index contributed by atoms with van der Waals surface area (Å²) in [6.07, 6.45) is 5.79. The van der Waals surface area contributed by atoms with Crippen molar-refractivity contribution in [2.45, 2.75) is 32.6 Å². The van der Waals surface area contributed by atoms with Gasteiger partial charge in [-0.15, -0.1) is 0 Å². The zero-order valence-electron chi connectivity index (χ0n) is 8.30. The highest BCUT2D eigenvalue weighted by Gasteiger charge is 2.09. The molecule has 0 spiro atoms. The Bertz CT molecular complexity index is 160. The number of hydrogen-bond donors (Lipinski definition) is 1. The van der Waals surface area contributed by atoms with Crippen LogP contribution in [-0.2, 0) is 4.79 Å². The molecule has 0 aromatic rings. The highest BCUT2D eigenvalue weighted by molar-refractivity contribution is 5.84. The number of amides is 3. The van der Waals surface area contributed by atoms with E-state index >= 15 is 0 Å². The summed E-state index contributed by atoms with van der Waals surface area (Å²) < 4.78 is 0. The molecule has 0 saturated carbocycles. The fourth-order valence-electron chi connectivity index (χ4n) is 1.02. The monoisotopic (exact) mass is 185 g/mol. The van der Waals surface area contributed by atoms with Crippen LogP contribution in [0.3, 0.4) is 0 Å². The third-order valence-corrected chi connectivity index (χ3v) is 1.80. The fraction of sp³-hybridized carbons (Fsp3) is 0.778. The summed E-state index contributed by atoms with van der Waals surface area (Å²) in [5.41, 5.74) is 0. The average molecular weight is 185 g/mol. The maximum Gasteiger partial charge on any atom is 0.324 e. The molecule has 0 aliphatic heterocycles. The number of nitrogens with zero attached hydrogens (tertiary/aromatic N) is 1. The van der Waals surface area contributed by atoms with E-state index in [1.165, 1.54) is 7.05 Å². The lowest BCUT2D eigenvalue weighted by Crippen LogP contribution is -2.37. The Morgan fingerprint density at radius 3 is 2.54 bits per heavy atom. The van der Waals surface area contributed by atoms with Gasteiger partial charge in [-0.1, -0.05) is 26.2 Å². The van der Waals surface area contributed by atoms with Crippen LogP contribution in [0.15, 0.2) is 0 Å². The minimum absolute atomic E-state index is 0.383. The zero-order chi connectivity index (χ0) is 10.1. The first-order valence-corrected chi connectivity index (χ1v) is 4.63. The maximum atomic E-state index is 11.0. The quantitative estimate of drug-likeness (QED) is 0.500. The summed E-state index contributed by atoms with van der Waals surface area (Å²) in [5, 5.41) is 2.38. The van der Waals surface area contributed by atoms with Crippen molar-refractivity contribution < 1.29 is 9.59 Å². The van der Waals surface area contributed by atoms with Crippen LogP contribution in [0.25, 0.3) is 0 Å². The summed E-state index contributed by atoms with van der Waals surface area (Å²) in [6, 6.07) is -0.383. The van der Waals surface area contributed by atoms with Crippen molar-refractivity contribution in [3.63, 3.8) is 0 Å². The molecule has 3 amide bonds. The first-order valence-electron chi connectivity index (χ1n) is 4.63. The second-order valence-corrected chi connectivity index (χ2v) is 2.86. The van der Waals surface area contributed by atoms with E-state index in [0.29, 0.717) is 6.54 Å². The summed E-state index contributed by atoms with van der Waals surface area (Å²) in [5.74, 6) is 0. The summed E-state index contributed by atoms with van der Waals surface area (Å²) in [6.45, 7) is 2.57. The second kappa shape index (κ2) is 7.58. The molecular formula is C9H17N2O2. The lowest BCUT2D eigenvalue weighted by Gasteiger charge is -2.12. The first-order chi connectivity index (χ1) is 6.26. The molecule has 0 heterocycles. The average Bonchev–Trinajstić information content (AvgIpc) is 2.17. The van der Waals surface area contributed by atoms with Crippen LogP contribution in [0.2, 0.25) is 0 Å². The SMILES string of the molecule is CCCCCCN([C]=O)C(=O)NC. The Morgan fingerprint density at radius 1 is 1.38 bits per heavy atom. The van der Waals surface area contributed by atoms with Gasteiger partial charge in [-0.05, 0) is 6.42 Å². The van der Waals surface area contributed by atoms with Gasteiger partial charge in [0.1, 0.15) is 0 Å². The Balaban J connectivity index is 3.60. The molecule has 4 nitrogen and oxygen atoms in total. The topological polar surface area (TPSA) is 49.4 Å². The predicted molar refractivity (Wildman–Crippen MR) is 51.0 cm³/mol. The number of unbranched alkanes of at least 4 members (excludes halogenated alkanes) is 3. The van der Waals surface area contributed by atoms with Crippen LogP contribution >= 0.6 is 0 Å². The van der Waals surface area contributed by atoms with Gasteiger partial charge in [0.15, 0.2) is 0 Å². The molecule has 0 bridgehead atoms. The van der Waals surface area contributed by atoms with Crippen molar-refractivity contribution in [3.8, 4) is 0 Å². The molecule has 75 valence electrons. The highest BCUT2D eigenvalue weighted by atomic mass is 16.2. The van der Waals surface area contributed by atoms with Gasteiger partial charge in [-0.2, -0.15) is 0 Å². The third-order valence-electron chi connectivity index (χ3n) is 1.80. The van der Waals surface area contributed by atoms with Crippen molar-refractivity contribution in [2.24, 2.45) is 0 Å². The molecule has 0 unspecified atom stereocenters. The number of urea groups is 1. The molecule has 4 heteroatoms. The van der Waals surface area contributed by atoms with E-state index < -0.39 is 0 Å². The molecule has 0 saturated heterocycles. The van der Waals surface area contributed by atoms with Gasteiger partial charge in [0.2, 0.25) is 0 Å². The Labute approximate surface area is 79.3 Å². The highest BCUT2D eigenvalue weighted by Crippen LogP contribution is 2.00. The smallest absolute Gasteiger partial charge is 0.324 e. The first kappa shape index (κ1) is 11.9. The van der Waals surface area contributed by atoms with E-state index in [2.05, 4.69) is 12.2 Å². The van der Waals surface area contributed by atoms with Crippen LogP contribution in [-0.4, -0.2) is 30.9 Å². The molecule has 0 atom stereocenters. The minimum Gasteiger partial charge on any atom is -0.341 e. The van der Waals surface area contributed by atoms with Gasteiger partial charge < -0.3 is 5.32 Å². The maximum absolute atomic E-state index is 11.0. The van der Waals surface area contributed by atoms with Crippen LogP contribution in [0.1, 0.15) is 32.6 Å². The molecule has 0 fully saturated rings.